The van der Waals surface area contributed by atoms with E-state index in [4.69, 9.17) is 9.47 Å². The van der Waals surface area contributed by atoms with Crippen LogP contribution < -0.4 is 14.8 Å². The van der Waals surface area contributed by atoms with Crippen LogP contribution in [0.15, 0.2) is 36.4 Å². The Bertz CT molecular complexity index is 672. The number of fused-ring (bicyclic) bond motifs is 1. The zero-order chi connectivity index (χ0) is 14.8. The van der Waals surface area contributed by atoms with Crippen molar-refractivity contribution in [3.8, 4) is 11.5 Å². The number of carbonyl (C=O) groups is 1. The number of methoxy groups -OCH3 is 2. The highest BCUT2D eigenvalue weighted by atomic mass is 16.5. The molecule has 0 unspecified atom stereocenters. The van der Waals surface area contributed by atoms with Gasteiger partial charge in [0.25, 0.3) is 0 Å². The molecule has 1 N–H and O–H groups in total. The lowest BCUT2D eigenvalue weighted by molar-refractivity contribution is 0.103. The second kappa shape index (κ2) is 5.58. The Morgan fingerprint density at radius 1 is 0.905 bits per heavy atom. The summed E-state index contributed by atoms with van der Waals surface area (Å²) < 4.78 is 10.4. The number of hydrogen-bond donors (Lipinski definition) is 1. The van der Waals surface area contributed by atoms with Gasteiger partial charge in [-0.1, -0.05) is 12.1 Å². The van der Waals surface area contributed by atoms with Crippen LogP contribution in [-0.2, 0) is 13.1 Å². The summed E-state index contributed by atoms with van der Waals surface area (Å²) in [7, 11) is 3.15. The number of nitrogens with one attached hydrogen (secondary N) is 1. The average molecular weight is 283 g/mol. The molecule has 1 heterocycles. The second-order valence-corrected chi connectivity index (χ2v) is 5.02. The average Bonchev–Trinajstić information content (AvgIpc) is 3.01. The van der Waals surface area contributed by atoms with Gasteiger partial charge in [-0.25, -0.2) is 0 Å². The summed E-state index contributed by atoms with van der Waals surface area (Å²) in [5, 5.41) is 3.28. The predicted molar refractivity (Wildman–Crippen MR) is 80.0 cm³/mol. The number of ketones is 1. The maximum Gasteiger partial charge on any atom is 0.193 e. The van der Waals surface area contributed by atoms with Crippen LogP contribution in [0.5, 0.6) is 11.5 Å². The summed E-state index contributed by atoms with van der Waals surface area (Å²) in [6, 6.07) is 11.1. The highest BCUT2D eigenvalue weighted by Crippen LogP contribution is 2.25. The molecule has 0 bridgehead atoms. The van der Waals surface area contributed by atoms with Crippen LogP contribution in [0.3, 0.4) is 0 Å². The molecule has 0 aromatic heterocycles. The van der Waals surface area contributed by atoms with Gasteiger partial charge in [-0.15, -0.1) is 0 Å². The Morgan fingerprint density at radius 2 is 1.57 bits per heavy atom. The van der Waals surface area contributed by atoms with E-state index in [0.717, 1.165) is 13.1 Å². The first-order chi connectivity index (χ1) is 10.2. The molecule has 0 radical (unpaired) electrons. The van der Waals surface area contributed by atoms with E-state index in [2.05, 4.69) is 5.32 Å². The van der Waals surface area contributed by atoms with Crippen LogP contribution in [0.2, 0.25) is 0 Å². The van der Waals surface area contributed by atoms with Crippen LogP contribution in [0.4, 0.5) is 0 Å². The summed E-state index contributed by atoms with van der Waals surface area (Å²) in [6.07, 6.45) is 0. The fourth-order valence-corrected chi connectivity index (χ4v) is 2.54. The van der Waals surface area contributed by atoms with Gasteiger partial charge < -0.3 is 14.8 Å². The summed E-state index contributed by atoms with van der Waals surface area (Å²) in [5.41, 5.74) is 3.70. The Hall–Kier alpha value is -2.33. The molecule has 0 amide bonds. The highest BCUT2D eigenvalue weighted by Gasteiger charge is 2.16. The summed E-state index contributed by atoms with van der Waals surface area (Å²) >= 11 is 0. The number of ether oxygens (including phenoxy) is 2. The van der Waals surface area contributed by atoms with Crippen molar-refractivity contribution in [3.05, 3.63) is 58.7 Å². The molecular weight excluding hydrogens is 266 g/mol. The summed E-state index contributed by atoms with van der Waals surface area (Å²) in [6.45, 7) is 1.69. The van der Waals surface area contributed by atoms with Crippen molar-refractivity contribution in [1.29, 1.82) is 0 Å². The zero-order valence-corrected chi connectivity index (χ0v) is 12.1. The first-order valence-electron chi connectivity index (χ1n) is 6.81. The van der Waals surface area contributed by atoms with E-state index in [1.165, 1.54) is 11.1 Å². The molecule has 4 nitrogen and oxygen atoms in total. The molecule has 1 aliphatic heterocycles. The van der Waals surface area contributed by atoms with Crippen molar-refractivity contribution in [2.45, 2.75) is 13.1 Å². The molecule has 0 spiro atoms. The Morgan fingerprint density at radius 3 is 2.24 bits per heavy atom. The normalized spacial score (nSPS) is 12.9. The Labute approximate surface area is 123 Å². The lowest BCUT2D eigenvalue weighted by Gasteiger charge is -2.08. The summed E-state index contributed by atoms with van der Waals surface area (Å²) in [5.74, 6) is 1.20. The van der Waals surface area contributed by atoms with Gasteiger partial charge in [-0.2, -0.15) is 0 Å². The molecule has 1 aliphatic rings. The van der Waals surface area contributed by atoms with Gasteiger partial charge in [0.05, 0.1) is 14.2 Å². The second-order valence-electron chi connectivity index (χ2n) is 5.02. The van der Waals surface area contributed by atoms with E-state index in [0.29, 0.717) is 22.6 Å². The lowest BCUT2D eigenvalue weighted by Crippen LogP contribution is -2.03. The molecule has 108 valence electrons. The topological polar surface area (TPSA) is 47.6 Å². The molecule has 0 aliphatic carbocycles. The van der Waals surface area contributed by atoms with Gasteiger partial charge in [0, 0.05) is 30.3 Å². The third kappa shape index (κ3) is 2.62. The number of rotatable bonds is 4. The fraction of sp³-hybridized carbons (Fsp3) is 0.235. The van der Waals surface area contributed by atoms with Gasteiger partial charge >= 0.3 is 0 Å². The van der Waals surface area contributed by atoms with Gasteiger partial charge in [-0.05, 0) is 29.3 Å². The van der Waals surface area contributed by atoms with E-state index >= 15 is 0 Å². The SMILES string of the molecule is COc1cc(OC)cc(C(=O)c2ccc3c(c2)CNC3)c1. The van der Waals surface area contributed by atoms with Crippen LogP contribution in [0.1, 0.15) is 27.0 Å². The van der Waals surface area contributed by atoms with Crippen molar-refractivity contribution in [2.24, 2.45) is 0 Å². The smallest absolute Gasteiger partial charge is 0.193 e. The third-order valence-corrected chi connectivity index (χ3v) is 3.71. The Balaban J connectivity index is 1.98. The monoisotopic (exact) mass is 283 g/mol. The largest absolute Gasteiger partial charge is 0.497 e. The van der Waals surface area contributed by atoms with E-state index in [-0.39, 0.29) is 5.78 Å². The molecule has 21 heavy (non-hydrogen) atoms. The molecule has 0 fully saturated rings. The van der Waals surface area contributed by atoms with E-state index in [1.54, 1.807) is 32.4 Å². The van der Waals surface area contributed by atoms with Crippen molar-refractivity contribution < 1.29 is 14.3 Å². The minimum atomic E-state index is -0.0260. The van der Waals surface area contributed by atoms with Crippen LogP contribution in [0.25, 0.3) is 0 Å². The molecule has 0 atom stereocenters. The van der Waals surface area contributed by atoms with Crippen molar-refractivity contribution in [2.75, 3.05) is 14.2 Å². The van der Waals surface area contributed by atoms with Crippen molar-refractivity contribution in [3.63, 3.8) is 0 Å². The fourth-order valence-electron chi connectivity index (χ4n) is 2.54. The first-order valence-corrected chi connectivity index (χ1v) is 6.81. The first kappa shape index (κ1) is 13.6. The molecule has 4 heteroatoms. The van der Waals surface area contributed by atoms with Gasteiger partial charge in [0.1, 0.15) is 11.5 Å². The van der Waals surface area contributed by atoms with Crippen LogP contribution >= 0.6 is 0 Å². The summed E-state index contributed by atoms with van der Waals surface area (Å²) in [4.78, 5) is 12.7. The molecule has 3 rings (SSSR count). The lowest BCUT2D eigenvalue weighted by atomic mass is 9.99. The molecule has 2 aromatic rings. The van der Waals surface area contributed by atoms with E-state index in [1.807, 2.05) is 18.2 Å². The number of benzene rings is 2. The van der Waals surface area contributed by atoms with Crippen LogP contribution in [0, 0.1) is 0 Å². The van der Waals surface area contributed by atoms with Crippen LogP contribution in [-0.4, -0.2) is 20.0 Å². The standard InChI is InChI=1S/C17H17NO3/c1-20-15-6-13(7-16(8-15)21-2)17(19)11-3-4-12-9-18-10-14(12)5-11/h3-8,18H,9-10H2,1-2H3. The number of hydrogen-bond acceptors (Lipinski definition) is 4. The van der Waals surface area contributed by atoms with Gasteiger partial charge in [0.2, 0.25) is 0 Å². The van der Waals surface area contributed by atoms with Gasteiger partial charge in [0.15, 0.2) is 5.78 Å². The third-order valence-electron chi connectivity index (χ3n) is 3.71. The molecule has 0 saturated heterocycles. The number of carbonyl (C=O) groups excluding carboxylic acids is 1. The Kier molecular flexibility index (Phi) is 3.62. The maximum absolute atomic E-state index is 12.7. The van der Waals surface area contributed by atoms with E-state index < -0.39 is 0 Å². The molecular formula is C17H17NO3. The minimum Gasteiger partial charge on any atom is -0.497 e. The van der Waals surface area contributed by atoms with Gasteiger partial charge in [-0.3, -0.25) is 4.79 Å². The maximum atomic E-state index is 12.7. The quantitative estimate of drug-likeness (QED) is 0.876. The zero-order valence-electron chi connectivity index (χ0n) is 12.1. The van der Waals surface area contributed by atoms with Crippen molar-refractivity contribution in [1.82, 2.24) is 5.32 Å². The van der Waals surface area contributed by atoms with Crippen molar-refractivity contribution >= 4 is 5.78 Å². The minimum absolute atomic E-state index is 0.0260. The predicted octanol–water partition coefficient (Wildman–Crippen LogP) is 2.54. The molecule has 2 aromatic carbocycles. The van der Waals surface area contributed by atoms with E-state index in [9.17, 15) is 4.79 Å². The highest BCUT2D eigenvalue weighted by molar-refractivity contribution is 6.09. The molecule has 0 saturated carbocycles.